The molecule has 4 aliphatic rings. The van der Waals surface area contributed by atoms with Crippen molar-refractivity contribution in [2.75, 3.05) is 56.2 Å². The lowest BCUT2D eigenvalue weighted by Crippen LogP contribution is -2.37. The Morgan fingerprint density at radius 3 is 2.50 bits per heavy atom. The number of fused-ring (bicyclic) bond motifs is 3. The minimum Gasteiger partial charge on any atom is -0.379 e. The Balaban J connectivity index is 0.963. The summed E-state index contributed by atoms with van der Waals surface area (Å²) in [5, 5.41) is 4.31. The third-order valence-corrected chi connectivity index (χ3v) is 9.99. The first-order chi connectivity index (χ1) is 19.7. The predicted octanol–water partition coefficient (Wildman–Crippen LogP) is 5.23. The minimum atomic E-state index is 0.0555. The van der Waals surface area contributed by atoms with Crippen LogP contribution in [0.15, 0.2) is 47.4 Å². The maximum absolute atomic E-state index is 13.0. The van der Waals surface area contributed by atoms with Gasteiger partial charge in [0.05, 0.1) is 13.2 Å². The summed E-state index contributed by atoms with van der Waals surface area (Å²) < 4.78 is 7.43. The van der Waals surface area contributed by atoms with E-state index in [1.807, 2.05) is 16.8 Å². The molecule has 1 N–H and O–H groups in total. The number of ether oxygens (including phenoxy) is 1. The number of piperidine rings is 1. The molecule has 2 bridgehead atoms. The zero-order valence-corrected chi connectivity index (χ0v) is 23.5. The van der Waals surface area contributed by atoms with Gasteiger partial charge in [0.1, 0.15) is 5.65 Å². The Kier molecular flexibility index (Phi) is 7.46. The molecule has 7 rings (SSSR count). The summed E-state index contributed by atoms with van der Waals surface area (Å²) in [6.07, 6.45) is 11.9. The van der Waals surface area contributed by atoms with E-state index in [1.54, 1.807) is 6.07 Å². The predicted molar refractivity (Wildman–Crippen MR) is 159 cm³/mol. The van der Waals surface area contributed by atoms with Crippen LogP contribution in [0.2, 0.25) is 0 Å². The Morgan fingerprint density at radius 2 is 1.75 bits per heavy atom. The molecule has 2 aromatic heterocycles. The molecule has 4 heterocycles. The molecule has 2 aliphatic heterocycles. The number of aromatic nitrogens is 3. The number of anilines is 3. The molecule has 4 fully saturated rings. The summed E-state index contributed by atoms with van der Waals surface area (Å²) in [4.78, 5) is 27.5. The van der Waals surface area contributed by atoms with Crippen LogP contribution < -0.4 is 15.8 Å². The number of benzene rings is 1. The van der Waals surface area contributed by atoms with Crippen molar-refractivity contribution in [1.29, 1.82) is 0 Å². The van der Waals surface area contributed by atoms with Crippen LogP contribution in [0.5, 0.6) is 0 Å². The second kappa shape index (κ2) is 11.5. The number of pyridine rings is 1. The fraction of sp³-hybridized carbons (Fsp3) is 0.594. The molecule has 8 nitrogen and oxygen atoms in total. The van der Waals surface area contributed by atoms with Gasteiger partial charge >= 0.3 is 0 Å². The van der Waals surface area contributed by atoms with Crippen LogP contribution >= 0.6 is 0 Å². The molecule has 0 spiro atoms. The van der Waals surface area contributed by atoms with E-state index < -0.39 is 0 Å². The molecule has 0 amide bonds. The average Bonchev–Trinajstić information content (AvgIpc) is 3.63. The molecule has 2 saturated carbocycles. The van der Waals surface area contributed by atoms with Gasteiger partial charge in [-0.3, -0.25) is 14.3 Å². The quantitative estimate of drug-likeness (QED) is 0.418. The summed E-state index contributed by atoms with van der Waals surface area (Å²) in [6.45, 7) is 7.46. The molecule has 40 heavy (non-hydrogen) atoms. The zero-order chi connectivity index (χ0) is 26.9. The topological polar surface area (TPSA) is 75.5 Å². The Labute approximate surface area is 236 Å². The highest BCUT2D eigenvalue weighted by Gasteiger charge is 2.41. The van der Waals surface area contributed by atoms with E-state index >= 15 is 0 Å². The third kappa shape index (κ3) is 5.48. The minimum absolute atomic E-state index is 0.0555. The second-order valence-electron chi connectivity index (χ2n) is 12.5. The van der Waals surface area contributed by atoms with Crippen molar-refractivity contribution < 1.29 is 4.74 Å². The monoisotopic (exact) mass is 542 g/mol. The van der Waals surface area contributed by atoms with Gasteiger partial charge in [-0.2, -0.15) is 4.98 Å². The van der Waals surface area contributed by atoms with Crippen molar-refractivity contribution in [1.82, 2.24) is 19.4 Å². The number of rotatable bonds is 8. The highest BCUT2D eigenvalue weighted by molar-refractivity contribution is 5.76. The maximum Gasteiger partial charge on any atom is 0.252 e. The number of hydrogen-bond donors (Lipinski definition) is 1. The molecule has 3 unspecified atom stereocenters. The van der Waals surface area contributed by atoms with E-state index in [1.165, 1.54) is 57.2 Å². The van der Waals surface area contributed by atoms with E-state index in [4.69, 9.17) is 9.72 Å². The van der Waals surface area contributed by atoms with Crippen LogP contribution in [0.25, 0.3) is 11.0 Å². The molecule has 212 valence electrons. The van der Waals surface area contributed by atoms with Crippen molar-refractivity contribution in [2.45, 2.75) is 57.4 Å². The fourth-order valence-electron chi connectivity index (χ4n) is 7.74. The van der Waals surface area contributed by atoms with Gasteiger partial charge in [-0.25, -0.2) is 4.98 Å². The maximum atomic E-state index is 13.0. The van der Waals surface area contributed by atoms with Crippen molar-refractivity contribution in [2.24, 2.45) is 17.8 Å². The molecule has 2 aliphatic carbocycles. The van der Waals surface area contributed by atoms with E-state index in [-0.39, 0.29) is 11.6 Å². The number of nitrogens with zero attached hydrogens (tertiary/aromatic N) is 5. The van der Waals surface area contributed by atoms with Gasteiger partial charge in [-0.05, 0) is 99.6 Å². The fourth-order valence-corrected chi connectivity index (χ4v) is 7.74. The van der Waals surface area contributed by atoms with Gasteiger partial charge in [-0.15, -0.1) is 0 Å². The summed E-state index contributed by atoms with van der Waals surface area (Å²) >= 11 is 0. The third-order valence-electron chi connectivity index (χ3n) is 9.99. The van der Waals surface area contributed by atoms with Crippen LogP contribution in [0.3, 0.4) is 0 Å². The van der Waals surface area contributed by atoms with Crippen molar-refractivity contribution in [3.05, 3.63) is 52.9 Å². The SMILES string of the molecule is O=c1ccc2cnc(Nc3ccc(N4CCC(CCCN5CCOCC5)CC4)cc3)nc2n1C1CC2CCC1C2. The van der Waals surface area contributed by atoms with Gasteiger partial charge < -0.3 is 15.0 Å². The van der Waals surface area contributed by atoms with Gasteiger partial charge in [0.15, 0.2) is 0 Å². The lowest BCUT2D eigenvalue weighted by Gasteiger charge is -2.34. The molecule has 0 radical (unpaired) electrons. The van der Waals surface area contributed by atoms with Gasteiger partial charge in [0.25, 0.3) is 5.56 Å². The first kappa shape index (κ1) is 26.0. The van der Waals surface area contributed by atoms with Crippen molar-refractivity contribution in [3.63, 3.8) is 0 Å². The van der Waals surface area contributed by atoms with Crippen LogP contribution in [0.4, 0.5) is 17.3 Å². The van der Waals surface area contributed by atoms with Crippen molar-refractivity contribution >= 4 is 28.4 Å². The van der Waals surface area contributed by atoms with Crippen LogP contribution in [0, 0.1) is 17.8 Å². The summed E-state index contributed by atoms with van der Waals surface area (Å²) in [7, 11) is 0. The average molecular weight is 543 g/mol. The lowest BCUT2D eigenvalue weighted by atomic mass is 9.92. The standard InChI is InChI=1S/C32H42N6O2/c39-30-10-5-26-22-33-32(35-31(26)38(30)29-21-24-3-4-25(29)20-24)34-27-6-8-28(9-7-27)37-14-11-23(12-15-37)2-1-13-36-16-18-40-19-17-36/h5-10,22-25,29H,1-4,11-21H2,(H,33,34,35). The number of nitrogens with one attached hydrogen (secondary N) is 1. The molecule has 3 aromatic rings. The number of hydrogen-bond acceptors (Lipinski definition) is 7. The van der Waals surface area contributed by atoms with Crippen LogP contribution in [-0.2, 0) is 4.74 Å². The van der Waals surface area contributed by atoms with E-state index in [2.05, 4.69) is 44.4 Å². The van der Waals surface area contributed by atoms with E-state index in [0.29, 0.717) is 11.9 Å². The van der Waals surface area contributed by atoms with Gasteiger partial charge in [-0.1, -0.05) is 6.42 Å². The molecular formula is C32H42N6O2. The Bertz CT molecular complexity index is 1360. The van der Waals surface area contributed by atoms with Crippen LogP contribution in [-0.4, -0.2) is 65.4 Å². The second-order valence-corrected chi connectivity index (χ2v) is 12.5. The molecule has 3 atom stereocenters. The molecular weight excluding hydrogens is 500 g/mol. The Hall–Kier alpha value is -2.97. The summed E-state index contributed by atoms with van der Waals surface area (Å²) in [5.41, 5.74) is 3.06. The summed E-state index contributed by atoms with van der Waals surface area (Å²) in [6, 6.07) is 12.4. The van der Waals surface area contributed by atoms with E-state index in [0.717, 1.165) is 74.4 Å². The molecule has 2 saturated heterocycles. The summed E-state index contributed by atoms with van der Waals surface area (Å²) in [5.74, 6) is 2.76. The first-order valence-corrected chi connectivity index (χ1v) is 15.5. The molecule has 8 heteroatoms. The van der Waals surface area contributed by atoms with Crippen LogP contribution in [0.1, 0.15) is 57.4 Å². The highest BCUT2D eigenvalue weighted by atomic mass is 16.5. The van der Waals surface area contributed by atoms with Crippen molar-refractivity contribution in [3.8, 4) is 0 Å². The highest BCUT2D eigenvalue weighted by Crippen LogP contribution is 2.50. The largest absolute Gasteiger partial charge is 0.379 e. The lowest BCUT2D eigenvalue weighted by molar-refractivity contribution is 0.0365. The first-order valence-electron chi connectivity index (χ1n) is 15.5. The normalized spacial score (nSPS) is 25.6. The zero-order valence-electron chi connectivity index (χ0n) is 23.5. The molecule has 1 aromatic carbocycles. The van der Waals surface area contributed by atoms with Gasteiger partial charge in [0, 0.05) is 61.2 Å². The smallest absolute Gasteiger partial charge is 0.252 e. The number of morpholine rings is 1. The van der Waals surface area contributed by atoms with Gasteiger partial charge in [0.2, 0.25) is 5.95 Å². The Morgan fingerprint density at radius 1 is 0.925 bits per heavy atom. The van der Waals surface area contributed by atoms with E-state index in [9.17, 15) is 4.79 Å².